The van der Waals surface area contributed by atoms with Crippen LogP contribution in [0.1, 0.15) is 78.1 Å². The molecule has 6 unspecified atom stereocenters. The fraction of sp³-hybridized carbons (Fsp3) is 0.536. The number of amides is 1. The van der Waals surface area contributed by atoms with Crippen LogP contribution in [0.25, 0.3) is 0 Å². The number of primary amides is 1. The van der Waals surface area contributed by atoms with Gasteiger partial charge in [-0.3, -0.25) is 4.79 Å². The molecule has 0 spiro atoms. The molecule has 3 nitrogen and oxygen atoms in total. The van der Waals surface area contributed by atoms with Crippen LogP contribution in [0.15, 0.2) is 42.5 Å². The number of aliphatic hydroxyl groups is 1. The van der Waals surface area contributed by atoms with Crippen molar-refractivity contribution in [2.24, 2.45) is 28.9 Å². The SMILES string of the molecule is CCc1ccc2c(c1)CCC1C2CCC2(C)C(O)C(Cc3cccc(C(N)=O)c3)CC12. The minimum Gasteiger partial charge on any atom is -0.392 e. The number of hydrogen-bond donors (Lipinski definition) is 2. The Morgan fingerprint density at radius 2 is 2.00 bits per heavy atom. The van der Waals surface area contributed by atoms with Gasteiger partial charge in [-0.1, -0.05) is 44.2 Å². The number of hydrogen-bond acceptors (Lipinski definition) is 2. The van der Waals surface area contributed by atoms with E-state index in [4.69, 9.17) is 5.73 Å². The van der Waals surface area contributed by atoms with Gasteiger partial charge in [0.05, 0.1) is 6.10 Å². The highest BCUT2D eigenvalue weighted by molar-refractivity contribution is 5.92. The number of aliphatic hydroxyl groups excluding tert-OH is 1. The van der Waals surface area contributed by atoms with E-state index in [-0.39, 0.29) is 23.3 Å². The van der Waals surface area contributed by atoms with E-state index in [2.05, 4.69) is 38.1 Å². The Morgan fingerprint density at radius 1 is 1.16 bits per heavy atom. The maximum atomic E-state index is 11.6. The summed E-state index contributed by atoms with van der Waals surface area (Å²) in [4.78, 5) is 11.6. The van der Waals surface area contributed by atoms with Gasteiger partial charge in [0.2, 0.25) is 5.91 Å². The molecule has 1 amide bonds. The Bertz CT molecular complexity index is 998. The third kappa shape index (κ3) is 3.42. The van der Waals surface area contributed by atoms with Crippen LogP contribution >= 0.6 is 0 Å². The maximum absolute atomic E-state index is 11.6. The molecule has 3 aliphatic carbocycles. The van der Waals surface area contributed by atoms with Gasteiger partial charge in [0, 0.05) is 5.56 Å². The van der Waals surface area contributed by atoms with Gasteiger partial charge in [0.1, 0.15) is 0 Å². The lowest BCUT2D eigenvalue weighted by molar-refractivity contribution is -0.0325. The van der Waals surface area contributed by atoms with Crippen LogP contribution in [-0.4, -0.2) is 17.1 Å². The second-order valence-electron chi connectivity index (χ2n) is 10.6. The van der Waals surface area contributed by atoms with Crippen molar-refractivity contribution < 1.29 is 9.90 Å². The van der Waals surface area contributed by atoms with E-state index in [1.807, 2.05) is 12.1 Å². The third-order valence-electron chi connectivity index (χ3n) is 9.03. The van der Waals surface area contributed by atoms with Gasteiger partial charge in [-0.15, -0.1) is 0 Å². The minimum atomic E-state index is -0.385. The molecule has 6 atom stereocenters. The Morgan fingerprint density at radius 3 is 2.77 bits per heavy atom. The van der Waals surface area contributed by atoms with Crippen molar-refractivity contribution in [3.05, 3.63) is 70.3 Å². The first-order valence-corrected chi connectivity index (χ1v) is 12.1. The fourth-order valence-corrected chi connectivity index (χ4v) is 7.36. The van der Waals surface area contributed by atoms with E-state index in [9.17, 15) is 9.90 Å². The van der Waals surface area contributed by atoms with Crippen molar-refractivity contribution in [2.75, 3.05) is 0 Å². The number of carbonyl (C=O) groups excluding carboxylic acids is 1. The smallest absolute Gasteiger partial charge is 0.248 e. The zero-order valence-electron chi connectivity index (χ0n) is 18.8. The summed E-state index contributed by atoms with van der Waals surface area (Å²) in [5.41, 5.74) is 11.8. The van der Waals surface area contributed by atoms with Gasteiger partial charge < -0.3 is 10.8 Å². The number of aryl methyl sites for hydroxylation is 2. The average molecular weight is 418 g/mol. The molecule has 2 aromatic rings. The molecule has 5 rings (SSSR count). The van der Waals surface area contributed by atoms with E-state index in [0.717, 1.165) is 31.2 Å². The first-order chi connectivity index (χ1) is 14.9. The lowest BCUT2D eigenvalue weighted by Gasteiger charge is -2.50. The topological polar surface area (TPSA) is 63.3 Å². The quantitative estimate of drug-likeness (QED) is 0.732. The van der Waals surface area contributed by atoms with Gasteiger partial charge in [0.15, 0.2) is 0 Å². The highest BCUT2D eigenvalue weighted by Gasteiger charge is 2.57. The van der Waals surface area contributed by atoms with E-state index >= 15 is 0 Å². The van der Waals surface area contributed by atoms with Crippen molar-refractivity contribution in [1.82, 2.24) is 0 Å². The summed E-state index contributed by atoms with van der Waals surface area (Å²) in [7, 11) is 0. The Labute approximate surface area is 186 Å². The summed E-state index contributed by atoms with van der Waals surface area (Å²) >= 11 is 0. The molecule has 164 valence electrons. The highest BCUT2D eigenvalue weighted by atomic mass is 16.3. The van der Waals surface area contributed by atoms with Gasteiger partial charge in [-0.25, -0.2) is 0 Å². The van der Waals surface area contributed by atoms with Crippen LogP contribution in [0.3, 0.4) is 0 Å². The Kier molecular flexibility index (Phi) is 5.21. The molecular formula is C28H35NO2. The molecule has 0 radical (unpaired) electrons. The molecule has 2 saturated carbocycles. The molecule has 0 heterocycles. The van der Waals surface area contributed by atoms with Crippen molar-refractivity contribution in [3.8, 4) is 0 Å². The van der Waals surface area contributed by atoms with E-state index in [1.54, 1.807) is 17.2 Å². The minimum absolute atomic E-state index is 0.00793. The Balaban J connectivity index is 1.39. The van der Waals surface area contributed by atoms with Crippen molar-refractivity contribution in [2.45, 2.75) is 70.8 Å². The fourth-order valence-electron chi connectivity index (χ4n) is 7.36. The molecule has 0 aromatic heterocycles. The van der Waals surface area contributed by atoms with Crippen molar-refractivity contribution in [1.29, 1.82) is 0 Å². The van der Waals surface area contributed by atoms with E-state index < -0.39 is 0 Å². The van der Waals surface area contributed by atoms with Gasteiger partial charge in [0.25, 0.3) is 0 Å². The maximum Gasteiger partial charge on any atom is 0.248 e. The summed E-state index contributed by atoms with van der Waals surface area (Å²) in [6, 6.07) is 14.8. The molecule has 3 heteroatoms. The zero-order chi connectivity index (χ0) is 21.8. The second kappa shape index (κ2) is 7.78. The predicted molar refractivity (Wildman–Crippen MR) is 124 cm³/mol. The number of fused-ring (bicyclic) bond motifs is 5. The third-order valence-corrected chi connectivity index (χ3v) is 9.03. The first kappa shape index (κ1) is 20.8. The van der Waals surface area contributed by atoms with E-state index in [0.29, 0.717) is 23.3 Å². The van der Waals surface area contributed by atoms with Crippen LogP contribution in [0, 0.1) is 23.2 Å². The van der Waals surface area contributed by atoms with Crippen LogP contribution in [0.2, 0.25) is 0 Å². The van der Waals surface area contributed by atoms with Crippen LogP contribution < -0.4 is 5.73 Å². The standard InChI is InChI=1S/C28H35NO2/c1-3-17-7-9-22-19(13-17)8-10-24-23(22)11-12-28(2)25(24)16-21(26(28)30)15-18-5-4-6-20(14-18)27(29)31/h4-7,9,13-14,21,23-26,30H,3,8,10-12,15-16H2,1-2H3,(H2,29,31). The summed E-state index contributed by atoms with van der Waals surface area (Å²) in [6.45, 7) is 4.58. The predicted octanol–water partition coefficient (Wildman–Crippen LogP) is 5.03. The second-order valence-corrected chi connectivity index (χ2v) is 10.6. The van der Waals surface area contributed by atoms with Gasteiger partial charge in [-0.2, -0.15) is 0 Å². The van der Waals surface area contributed by atoms with Gasteiger partial charge in [-0.05, 0) is 108 Å². The molecule has 0 bridgehead atoms. The lowest BCUT2D eigenvalue weighted by Crippen LogP contribution is -2.44. The van der Waals surface area contributed by atoms with Crippen molar-refractivity contribution >= 4 is 5.91 Å². The molecule has 2 fully saturated rings. The van der Waals surface area contributed by atoms with Crippen LogP contribution in [0.5, 0.6) is 0 Å². The number of benzene rings is 2. The normalized spacial score (nSPS) is 34.0. The average Bonchev–Trinajstić information content (AvgIpc) is 3.03. The van der Waals surface area contributed by atoms with Crippen LogP contribution in [0.4, 0.5) is 0 Å². The van der Waals surface area contributed by atoms with Crippen molar-refractivity contribution in [3.63, 3.8) is 0 Å². The van der Waals surface area contributed by atoms with Crippen LogP contribution in [-0.2, 0) is 19.3 Å². The lowest BCUT2D eigenvalue weighted by atomic mass is 9.55. The molecular weight excluding hydrogens is 382 g/mol. The molecule has 0 saturated heterocycles. The number of nitrogens with two attached hydrogens (primary N) is 1. The summed E-state index contributed by atoms with van der Waals surface area (Å²) < 4.78 is 0. The molecule has 2 aromatic carbocycles. The molecule has 3 N–H and O–H groups in total. The summed E-state index contributed by atoms with van der Waals surface area (Å²) in [5.74, 6) is 1.77. The van der Waals surface area contributed by atoms with E-state index in [1.165, 1.54) is 24.8 Å². The molecule has 3 aliphatic rings. The summed E-state index contributed by atoms with van der Waals surface area (Å²) in [6.07, 6.45) is 7.46. The Hall–Kier alpha value is -2.13. The highest BCUT2D eigenvalue weighted by Crippen LogP contribution is 2.62. The number of rotatable bonds is 4. The largest absolute Gasteiger partial charge is 0.392 e. The number of carbonyl (C=O) groups is 1. The summed E-state index contributed by atoms with van der Waals surface area (Å²) in [5, 5.41) is 11.4. The van der Waals surface area contributed by atoms with Gasteiger partial charge >= 0.3 is 0 Å². The molecule has 31 heavy (non-hydrogen) atoms. The first-order valence-electron chi connectivity index (χ1n) is 12.1. The molecule has 0 aliphatic heterocycles. The zero-order valence-corrected chi connectivity index (χ0v) is 18.8. The monoisotopic (exact) mass is 417 g/mol.